The van der Waals surface area contributed by atoms with Crippen molar-refractivity contribution in [3.05, 3.63) is 56.7 Å². The van der Waals surface area contributed by atoms with Gasteiger partial charge in [-0.05, 0) is 44.4 Å². The van der Waals surface area contributed by atoms with Crippen molar-refractivity contribution in [2.75, 3.05) is 13.7 Å². The molecule has 1 aliphatic rings. The van der Waals surface area contributed by atoms with Gasteiger partial charge in [0, 0.05) is 24.1 Å². The summed E-state index contributed by atoms with van der Waals surface area (Å²) < 4.78 is 5.17. The molecule has 2 aromatic rings. The normalized spacial score (nSPS) is 18.7. The number of ether oxygens (including phenoxy) is 1. The average molecular weight is 448 g/mol. The highest BCUT2D eigenvalue weighted by Crippen LogP contribution is 2.42. The Balaban J connectivity index is 1.79. The number of esters is 1. The van der Waals surface area contributed by atoms with Gasteiger partial charge in [-0.3, -0.25) is 14.4 Å². The summed E-state index contributed by atoms with van der Waals surface area (Å²) in [5.74, 6) is -1.40. The number of carbonyl (C=O) groups excluding carboxylic acids is 4. The predicted octanol–water partition coefficient (Wildman–Crippen LogP) is 4.26. The molecule has 0 aliphatic heterocycles. The third-order valence-corrected chi connectivity index (χ3v) is 6.90. The van der Waals surface area contributed by atoms with Gasteiger partial charge in [0.15, 0.2) is 18.2 Å². The summed E-state index contributed by atoms with van der Waals surface area (Å²) >= 11 is 7.41. The zero-order valence-corrected chi connectivity index (χ0v) is 18.3. The van der Waals surface area contributed by atoms with Crippen molar-refractivity contribution in [3.8, 4) is 0 Å². The number of ketones is 2. The van der Waals surface area contributed by atoms with E-state index in [9.17, 15) is 19.2 Å². The fourth-order valence-corrected chi connectivity index (χ4v) is 4.86. The first-order chi connectivity index (χ1) is 14.3. The Labute approximate surface area is 183 Å². The minimum absolute atomic E-state index is 0.0756. The molecule has 0 radical (unpaired) electrons. The topological polar surface area (TPSA) is 80.8 Å². The minimum atomic E-state index is -1.18. The zero-order chi connectivity index (χ0) is 21.9. The predicted molar refractivity (Wildman–Crippen MR) is 114 cm³/mol. The maximum atomic E-state index is 13.1. The van der Waals surface area contributed by atoms with Gasteiger partial charge in [0.2, 0.25) is 0 Å². The Hall–Kier alpha value is -2.51. The summed E-state index contributed by atoms with van der Waals surface area (Å²) in [6, 6.07) is 10.1. The lowest BCUT2D eigenvalue weighted by Crippen LogP contribution is -2.55. The van der Waals surface area contributed by atoms with Crippen LogP contribution < -0.4 is 0 Å². The van der Waals surface area contributed by atoms with E-state index >= 15 is 0 Å². The van der Waals surface area contributed by atoms with Gasteiger partial charge in [-0.1, -0.05) is 29.8 Å². The van der Waals surface area contributed by atoms with Gasteiger partial charge in [0.05, 0.1) is 4.88 Å². The number of hydrogen-bond acceptors (Lipinski definition) is 6. The van der Waals surface area contributed by atoms with Crippen molar-refractivity contribution in [1.82, 2.24) is 4.90 Å². The highest BCUT2D eigenvalue weighted by atomic mass is 35.5. The summed E-state index contributed by atoms with van der Waals surface area (Å²) in [5.41, 5.74) is -0.590. The molecular weight excluding hydrogens is 426 g/mol. The van der Waals surface area contributed by atoms with Gasteiger partial charge in [-0.25, -0.2) is 4.79 Å². The van der Waals surface area contributed by atoms with Crippen LogP contribution in [0.25, 0.3) is 0 Å². The number of carbonyl (C=O) groups is 4. The number of benzene rings is 1. The average Bonchev–Trinajstić information content (AvgIpc) is 3.23. The van der Waals surface area contributed by atoms with E-state index in [2.05, 4.69) is 0 Å². The molecular formula is C22H22ClNO5S. The molecule has 6 nitrogen and oxygen atoms in total. The van der Waals surface area contributed by atoms with E-state index in [1.165, 1.54) is 17.9 Å². The quantitative estimate of drug-likeness (QED) is 0.488. The molecule has 1 fully saturated rings. The highest BCUT2D eigenvalue weighted by molar-refractivity contribution is 7.15. The van der Waals surface area contributed by atoms with Crippen LogP contribution in [0.2, 0.25) is 5.02 Å². The first-order valence-electron chi connectivity index (χ1n) is 9.60. The Bertz CT molecular complexity index is 1000. The highest BCUT2D eigenvalue weighted by Gasteiger charge is 2.48. The second-order valence-electron chi connectivity index (χ2n) is 7.22. The molecule has 1 heterocycles. The number of likely N-dealkylation sites (N-methyl/N-ethyl adjacent to an activating group) is 1. The molecule has 1 aromatic carbocycles. The Kier molecular flexibility index (Phi) is 6.73. The fourth-order valence-electron chi connectivity index (χ4n) is 3.77. The molecule has 0 saturated heterocycles. The van der Waals surface area contributed by atoms with E-state index in [4.69, 9.17) is 16.3 Å². The number of nitrogens with zero attached hydrogens (tertiary/aromatic N) is 1. The lowest BCUT2D eigenvalue weighted by molar-refractivity contribution is -0.150. The first kappa shape index (κ1) is 22.2. The van der Waals surface area contributed by atoms with E-state index < -0.39 is 24.0 Å². The third-order valence-electron chi connectivity index (χ3n) is 5.40. The Morgan fingerprint density at radius 2 is 1.83 bits per heavy atom. The van der Waals surface area contributed by atoms with E-state index in [1.807, 2.05) is 0 Å². The molecule has 158 valence electrons. The molecule has 1 saturated carbocycles. The van der Waals surface area contributed by atoms with Crippen LogP contribution in [0.4, 0.5) is 0 Å². The second-order valence-corrected chi connectivity index (χ2v) is 8.71. The number of halogens is 1. The minimum Gasteiger partial charge on any atom is -0.451 e. The second kappa shape index (κ2) is 9.10. The first-order valence-corrected chi connectivity index (χ1v) is 10.8. The number of rotatable bonds is 6. The van der Waals surface area contributed by atoms with Gasteiger partial charge >= 0.3 is 5.97 Å². The molecule has 1 aliphatic carbocycles. The van der Waals surface area contributed by atoms with E-state index in [-0.39, 0.29) is 16.4 Å². The molecule has 30 heavy (non-hydrogen) atoms. The van der Waals surface area contributed by atoms with Crippen LogP contribution in [0.3, 0.4) is 0 Å². The van der Waals surface area contributed by atoms with Crippen LogP contribution in [0, 0.1) is 0 Å². The summed E-state index contributed by atoms with van der Waals surface area (Å²) in [6.07, 6.45) is 2.35. The van der Waals surface area contributed by atoms with Crippen LogP contribution in [0.1, 0.15) is 57.5 Å². The summed E-state index contributed by atoms with van der Waals surface area (Å²) in [6.45, 7) is 0.900. The maximum absolute atomic E-state index is 13.1. The summed E-state index contributed by atoms with van der Waals surface area (Å²) in [5, 5.41) is 0.416. The van der Waals surface area contributed by atoms with Gasteiger partial charge in [0.1, 0.15) is 10.4 Å². The molecule has 1 atom stereocenters. The van der Waals surface area contributed by atoms with Crippen molar-refractivity contribution in [1.29, 1.82) is 0 Å². The van der Waals surface area contributed by atoms with E-state index in [0.717, 1.165) is 24.2 Å². The van der Waals surface area contributed by atoms with Gasteiger partial charge < -0.3 is 9.64 Å². The van der Waals surface area contributed by atoms with Gasteiger partial charge in [-0.2, -0.15) is 0 Å². The van der Waals surface area contributed by atoms with Gasteiger partial charge in [0.25, 0.3) is 5.91 Å². The molecule has 0 N–H and O–H groups in total. The third kappa shape index (κ3) is 4.18. The molecule has 0 spiro atoms. The number of amides is 1. The Morgan fingerprint density at radius 3 is 2.47 bits per heavy atom. The Morgan fingerprint density at radius 1 is 1.13 bits per heavy atom. The van der Waals surface area contributed by atoms with Crippen LogP contribution in [-0.4, -0.2) is 42.0 Å². The van der Waals surface area contributed by atoms with Gasteiger partial charge in [-0.15, -0.1) is 11.3 Å². The van der Waals surface area contributed by atoms with Crippen molar-refractivity contribution in [2.45, 2.75) is 38.1 Å². The molecule has 3 rings (SSSR count). The number of thiophene rings is 1. The standard InChI is InChI=1S/C22H22ClNO5S/c1-14(25)17-10-11-18(30-17)21(28)29-13-20(27)24(2)22(12-6-5-9-19(22)26)15-7-3-4-8-16(15)23/h3-4,7-8,10-11H,5-6,9,12-13H2,1-2H3. The van der Waals surface area contributed by atoms with Crippen LogP contribution >= 0.6 is 22.9 Å². The van der Waals surface area contributed by atoms with E-state index in [0.29, 0.717) is 28.3 Å². The summed E-state index contributed by atoms with van der Waals surface area (Å²) in [4.78, 5) is 51.7. The molecule has 1 aromatic heterocycles. The monoisotopic (exact) mass is 447 g/mol. The maximum Gasteiger partial charge on any atom is 0.348 e. The number of hydrogen-bond donors (Lipinski definition) is 0. The van der Waals surface area contributed by atoms with Crippen molar-refractivity contribution >= 4 is 46.4 Å². The van der Waals surface area contributed by atoms with E-state index in [1.54, 1.807) is 37.4 Å². The lowest BCUT2D eigenvalue weighted by atomic mass is 9.74. The molecule has 0 bridgehead atoms. The SMILES string of the molecule is CC(=O)c1ccc(C(=O)OCC(=O)N(C)C2(c3ccccc3Cl)CCCCC2=O)s1. The fraction of sp³-hybridized carbons (Fsp3) is 0.364. The molecule has 1 amide bonds. The number of Topliss-reactive ketones (excluding diaryl/α,β-unsaturated/α-hetero) is 2. The smallest absolute Gasteiger partial charge is 0.348 e. The van der Waals surface area contributed by atoms with Crippen LogP contribution in [0.15, 0.2) is 36.4 Å². The molecule has 1 unspecified atom stereocenters. The van der Waals surface area contributed by atoms with Crippen molar-refractivity contribution in [3.63, 3.8) is 0 Å². The lowest BCUT2D eigenvalue weighted by Gasteiger charge is -2.43. The molecule has 8 heteroatoms. The van der Waals surface area contributed by atoms with Crippen molar-refractivity contribution < 1.29 is 23.9 Å². The summed E-state index contributed by atoms with van der Waals surface area (Å²) in [7, 11) is 1.54. The van der Waals surface area contributed by atoms with Crippen LogP contribution in [-0.2, 0) is 19.9 Å². The van der Waals surface area contributed by atoms with Crippen molar-refractivity contribution in [2.24, 2.45) is 0 Å². The zero-order valence-electron chi connectivity index (χ0n) is 16.8. The van der Waals surface area contributed by atoms with Crippen LogP contribution in [0.5, 0.6) is 0 Å². The largest absolute Gasteiger partial charge is 0.451 e.